The van der Waals surface area contributed by atoms with Crippen molar-refractivity contribution in [3.05, 3.63) is 87.2 Å². The number of Topliss-reactive ketones (excluding diaryl/α,β-unsaturated/α-hetero) is 1. The Morgan fingerprint density at radius 2 is 1.67 bits per heavy atom. The summed E-state index contributed by atoms with van der Waals surface area (Å²) in [5, 5.41) is 4.04. The van der Waals surface area contributed by atoms with Gasteiger partial charge in [-0.2, -0.15) is 0 Å². The molecule has 0 radical (unpaired) electrons. The first kappa shape index (κ1) is 26.0. The summed E-state index contributed by atoms with van der Waals surface area (Å²) in [7, 11) is 0. The third-order valence-corrected chi connectivity index (χ3v) is 6.83. The van der Waals surface area contributed by atoms with Gasteiger partial charge >= 0.3 is 5.97 Å². The molecule has 0 spiro atoms. The lowest BCUT2D eigenvalue weighted by molar-refractivity contribution is -0.140. The summed E-state index contributed by atoms with van der Waals surface area (Å²) in [6, 6.07) is 15.2. The van der Waals surface area contributed by atoms with E-state index >= 15 is 0 Å². The van der Waals surface area contributed by atoms with Crippen LogP contribution in [0.2, 0.25) is 5.02 Å². The number of dihydropyridines is 1. The van der Waals surface area contributed by atoms with Crippen molar-refractivity contribution in [3.8, 4) is 5.75 Å². The first-order chi connectivity index (χ1) is 17.4. The third kappa shape index (κ3) is 5.66. The lowest BCUT2D eigenvalue weighted by atomic mass is 9.72. The van der Waals surface area contributed by atoms with E-state index in [0.717, 1.165) is 22.6 Å². The molecule has 2 aromatic carbocycles. The summed E-state index contributed by atoms with van der Waals surface area (Å²) in [5.41, 5.74) is 4.55. The molecule has 2 aromatic rings. The number of allylic oxidation sites excluding steroid dienone is 3. The van der Waals surface area contributed by atoms with Crippen LogP contribution in [0.25, 0.3) is 0 Å². The number of benzene rings is 2. The van der Waals surface area contributed by atoms with E-state index in [2.05, 4.69) is 5.32 Å². The molecular formula is C29H32ClNO5. The minimum atomic E-state index is -0.518. The van der Waals surface area contributed by atoms with Gasteiger partial charge < -0.3 is 19.5 Å². The second-order valence-electron chi connectivity index (χ2n) is 8.90. The fourth-order valence-electron chi connectivity index (χ4n) is 4.95. The van der Waals surface area contributed by atoms with E-state index in [1.807, 2.05) is 69.3 Å². The first-order valence-corrected chi connectivity index (χ1v) is 12.8. The van der Waals surface area contributed by atoms with Crippen molar-refractivity contribution in [3.63, 3.8) is 0 Å². The molecule has 7 heteroatoms. The molecule has 36 heavy (non-hydrogen) atoms. The highest BCUT2D eigenvalue weighted by molar-refractivity contribution is 6.30. The van der Waals surface area contributed by atoms with Gasteiger partial charge in [0, 0.05) is 40.9 Å². The molecule has 0 unspecified atom stereocenters. The van der Waals surface area contributed by atoms with Crippen LogP contribution in [0.5, 0.6) is 5.75 Å². The zero-order valence-electron chi connectivity index (χ0n) is 20.9. The highest BCUT2D eigenvalue weighted by Crippen LogP contribution is 2.46. The number of hydrogen-bond acceptors (Lipinski definition) is 6. The zero-order chi connectivity index (χ0) is 25.7. The van der Waals surface area contributed by atoms with E-state index < -0.39 is 11.9 Å². The van der Waals surface area contributed by atoms with Gasteiger partial charge in [0.1, 0.15) is 12.4 Å². The van der Waals surface area contributed by atoms with E-state index in [4.69, 9.17) is 25.8 Å². The molecular weight excluding hydrogens is 478 g/mol. The molecule has 0 fully saturated rings. The molecule has 1 heterocycles. The summed E-state index contributed by atoms with van der Waals surface area (Å²) >= 11 is 6.07. The molecule has 1 aliphatic heterocycles. The number of nitrogens with one attached hydrogen (secondary N) is 1. The van der Waals surface area contributed by atoms with Crippen LogP contribution in [0.1, 0.15) is 56.6 Å². The summed E-state index contributed by atoms with van der Waals surface area (Å²) in [5.74, 6) is -0.166. The van der Waals surface area contributed by atoms with Crippen LogP contribution in [-0.2, 0) is 19.1 Å². The van der Waals surface area contributed by atoms with E-state index in [0.29, 0.717) is 54.5 Å². The topological polar surface area (TPSA) is 73.9 Å². The second-order valence-corrected chi connectivity index (χ2v) is 9.34. The lowest BCUT2D eigenvalue weighted by Gasteiger charge is -2.36. The van der Waals surface area contributed by atoms with E-state index in [1.54, 1.807) is 0 Å². The van der Waals surface area contributed by atoms with Gasteiger partial charge in [-0.05, 0) is 68.5 Å². The average molecular weight is 510 g/mol. The number of ketones is 1. The van der Waals surface area contributed by atoms with Gasteiger partial charge in [-0.1, -0.05) is 35.9 Å². The van der Waals surface area contributed by atoms with Crippen LogP contribution in [0.15, 0.2) is 71.1 Å². The molecule has 0 aromatic heterocycles. The Hall–Kier alpha value is -3.09. The first-order valence-electron chi connectivity index (χ1n) is 12.4. The molecule has 2 atom stereocenters. The molecule has 0 saturated heterocycles. The molecule has 0 amide bonds. The number of esters is 1. The average Bonchev–Trinajstić information content (AvgIpc) is 2.86. The van der Waals surface area contributed by atoms with Crippen LogP contribution < -0.4 is 10.1 Å². The largest absolute Gasteiger partial charge is 0.494 e. The fraction of sp³-hybridized carbons (Fsp3) is 0.379. The SMILES string of the molecule is CCOCCOC(=O)C1=C(C)NC2=C(C(=O)C[C@H](c3ccc(Cl)cc3)C2)[C@H]1c1ccc(OCC)cc1. The predicted molar refractivity (Wildman–Crippen MR) is 139 cm³/mol. The molecule has 0 saturated carbocycles. The normalized spacial score (nSPS) is 19.6. The monoisotopic (exact) mass is 509 g/mol. The molecule has 4 rings (SSSR count). The maximum atomic E-state index is 13.7. The maximum Gasteiger partial charge on any atom is 0.336 e. The third-order valence-electron chi connectivity index (χ3n) is 6.58. The second kappa shape index (κ2) is 11.8. The van der Waals surface area contributed by atoms with Crippen molar-refractivity contribution < 1.29 is 23.8 Å². The van der Waals surface area contributed by atoms with Crippen molar-refractivity contribution in [1.29, 1.82) is 0 Å². The van der Waals surface area contributed by atoms with Gasteiger partial charge in [-0.25, -0.2) is 4.79 Å². The molecule has 1 aliphatic carbocycles. The van der Waals surface area contributed by atoms with Crippen molar-refractivity contribution in [2.75, 3.05) is 26.4 Å². The fourth-order valence-corrected chi connectivity index (χ4v) is 5.08. The van der Waals surface area contributed by atoms with Crippen molar-refractivity contribution in [2.24, 2.45) is 0 Å². The quantitative estimate of drug-likeness (QED) is 0.346. The number of carbonyl (C=O) groups excluding carboxylic acids is 2. The smallest absolute Gasteiger partial charge is 0.336 e. The highest BCUT2D eigenvalue weighted by Gasteiger charge is 2.41. The van der Waals surface area contributed by atoms with Gasteiger partial charge in [0.25, 0.3) is 0 Å². The summed E-state index contributed by atoms with van der Waals surface area (Å²) < 4.78 is 16.5. The molecule has 2 aliphatic rings. The highest BCUT2D eigenvalue weighted by atomic mass is 35.5. The van der Waals surface area contributed by atoms with Crippen molar-refractivity contribution in [2.45, 2.75) is 45.4 Å². The van der Waals surface area contributed by atoms with Gasteiger partial charge in [0.2, 0.25) is 0 Å². The van der Waals surface area contributed by atoms with Crippen LogP contribution in [0.4, 0.5) is 0 Å². The predicted octanol–water partition coefficient (Wildman–Crippen LogP) is 5.68. The van der Waals surface area contributed by atoms with E-state index in [1.165, 1.54) is 0 Å². The van der Waals surface area contributed by atoms with Gasteiger partial charge in [-0.3, -0.25) is 4.79 Å². The lowest BCUT2D eigenvalue weighted by Crippen LogP contribution is -2.36. The molecule has 6 nitrogen and oxygen atoms in total. The molecule has 190 valence electrons. The Morgan fingerprint density at radius 3 is 2.33 bits per heavy atom. The van der Waals surface area contributed by atoms with Crippen LogP contribution >= 0.6 is 11.6 Å². The van der Waals surface area contributed by atoms with E-state index in [9.17, 15) is 9.59 Å². The van der Waals surface area contributed by atoms with Crippen LogP contribution in [-0.4, -0.2) is 38.2 Å². The number of hydrogen-bond donors (Lipinski definition) is 1. The summed E-state index contributed by atoms with van der Waals surface area (Å²) in [6.07, 6.45) is 1.03. The minimum Gasteiger partial charge on any atom is -0.494 e. The van der Waals surface area contributed by atoms with Gasteiger partial charge in [0.05, 0.1) is 18.8 Å². The van der Waals surface area contributed by atoms with Crippen molar-refractivity contribution >= 4 is 23.4 Å². The van der Waals surface area contributed by atoms with Gasteiger partial charge in [-0.15, -0.1) is 0 Å². The number of ether oxygens (including phenoxy) is 3. The van der Waals surface area contributed by atoms with Crippen LogP contribution in [0.3, 0.4) is 0 Å². The van der Waals surface area contributed by atoms with E-state index in [-0.39, 0.29) is 18.3 Å². The standard InChI is InChI=1S/C29H32ClNO5/c1-4-34-14-15-36-29(33)26-18(3)31-24-16-21(19-6-10-22(30)11-7-19)17-25(32)28(24)27(26)20-8-12-23(13-9-20)35-5-2/h6-13,21,27,31H,4-5,14-17H2,1-3H3/t21-,27+/m1/s1. The zero-order valence-corrected chi connectivity index (χ0v) is 21.7. The Kier molecular flexibility index (Phi) is 8.49. The molecule has 1 N–H and O–H groups in total. The Balaban J connectivity index is 1.70. The Bertz CT molecular complexity index is 1170. The maximum absolute atomic E-state index is 13.7. The molecule has 0 bridgehead atoms. The number of carbonyl (C=O) groups is 2. The number of rotatable bonds is 9. The minimum absolute atomic E-state index is 0.0229. The Morgan fingerprint density at radius 1 is 0.972 bits per heavy atom. The Labute approximate surface area is 217 Å². The van der Waals surface area contributed by atoms with Crippen LogP contribution in [0, 0.1) is 0 Å². The summed E-state index contributed by atoms with van der Waals surface area (Å²) in [4.78, 5) is 26.9. The van der Waals surface area contributed by atoms with Crippen molar-refractivity contribution in [1.82, 2.24) is 5.32 Å². The summed E-state index contributed by atoms with van der Waals surface area (Å²) in [6.45, 7) is 7.27. The van der Waals surface area contributed by atoms with Gasteiger partial charge in [0.15, 0.2) is 5.78 Å². The number of halogens is 1.